The zero-order valence-electron chi connectivity index (χ0n) is 7.82. The first-order valence-corrected chi connectivity index (χ1v) is 3.95. The monoisotopic (exact) mass is 262 g/mol. The molecule has 96 valence electrons. The minimum Gasteiger partial charge on any atom is -0.452 e. The molecule has 0 aliphatic rings. The molecule has 1 aromatic rings. The summed E-state index contributed by atoms with van der Waals surface area (Å²) in [7, 11) is 0. The minimum atomic E-state index is -4.93. The third-order valence-electron chi connectivity index (χ3n) is 1.51. The third kappa shape index (κ3) is 3.64. The van der Waals surface area contributed by atoms with Crippen LogP contribution in [0.2, 0.25) is 0 Å². The highest BCUT2D eigenvalue weighted by Gasteiger charge is 2.39. The number of nitrogens with one attached hydrogen (secondary N) is 1. The lowest BCUT2D eigenvalue weighted by Gasteiger charge is -2.09. The first-order chi connectivity index (χ1) is 7.61. The SMILES string of the molecule is O=C(OCC(F)(F)F)c1cn[nH]c1C(F)(F)F. The summed E-state index contributed by atoms with van der Waals surface area (Å²) in [5.74, 6) is -1.75. The summed E-state index contributed by atoms with van der Waals surface area (Å²) in [6.07, 6.45) is -9.29. The van der Waals surface area contributed by atoms with E-state index in [9.17, 15) is 31.1 Å². The Hall–Kier alpha value is -1.74. The van der Waals surface area contributed by atoms with Gasteiger partial charge in [-0.3, -0.25) is 5.10 Å². The lowest BCUT2D eigenvalue weighted by Crippen LogP contribution is -2.21. The van der Waals surface area contributed by atoms with Gasteiger partial charge in [0, 0.05) is 0 Å². The van der Waals surface area contributed by atoms with Gasteiger partial charge in [0.05, 0.1) is 6.20 Å². The van der Waals surface area contributed by atoms with Crippen LogP contribution in [0.1, 0.15) is 16.1 Å². The van der Waals surface area contributed by atoms with Crippen LogP contribution in [-0.2, 0) is 10.9 Å². The van der Waals surface area contributed by atoms with Crippen molar-refractivity contribution in [1.29, 1.82) is 0 Å². The topological polar surface area (TPSA) is 55.0 Å². The van der Waals surface area contributed by atoms with Crippen molar-refractivity contribution >= 4 is 5.97 Å². The van der Waals surface area contributed by atoms with Crippen LogP contribution in [0.15, 0.2) is 6.20 Å². The van der Waals surface area contributed by atoms with Crippen molar-refractivity contribution in [3.05, 3.63) is 17.5 Å². The lowest BCUT2D eigenvalue weighted by molar-refractivity contribution is -0.161. The maximum absolute atomic E-state index is 12.2. The van der Waals surface area contributed by atoms with E-state index in [0.29, 0.717) is 6.20 Å². The normalized spacial score (nSPS) is 12.6. The molecular weight excluding hydrogens is 258 g/mol. The summed E-state index contributed by atoms with van der Waals surface area (Å²) < 4.78 is 75.3. The highest BCUT2D eigenvalue weighted by atomic mass is 19.4. The number of halogens is 6. The molecule has 0 saturated heterocycles. The van der Waals surface area contributed by atoms with Gasteiger partial charge in [-0.1, -0.05) is 0 Å². The average Bonchev–Trinajstić information content (AvgIpc) is 2.60. The number of esters is 1. The Morgan fingerprint density at radius 3 is 2.35 bits per heavy atom. The van der Waals surface area contributed by atoms with E-state index in [1.165, 1.54) is 5.10 Å². The smallest absolute Gasteiger partial charge is 0.433 e. The standard InChI is InChI=1S/C7H4F6N2O2/c8-6(9,10)2-17-5(16)3-1-14-15-4(3)7(11,12)13/h1H,2H2,(H,14,15). The Morgan fingerprint density at radius 1 is 1.29 bits per heavy atom. The number of carbonyl (C=O) groups is 1. The minimum absolute atomic E-state index is 0.446. The van der Waals surface area contributed by atoms with Gasteiger partial charge in [0.1, 0.15) is 5.56 Å². The molecule has 0 aromatic carbocycles. The summed E-state index contributed by atoms with van der Waals surface area (Å²) in [5, 5.41) is 4.39. The molecule has 1 N–H and O–H groups in total. The van der Waals surface area contributed by atoms with Gasteiger partial charge in [0.2, 0.25) is 0 Å². The third-order valence-corrected chi connectivity index (χ3v) is 1.51. The van der Waals surface area contributed by atoms with Crippen LogP contribution in [0.4, 0.5) is 26.3 Å². The zero-order valence-corrected chi connectivity index (χ0v) is 7.82. The Kier molecular flexibility index (Phi) is 3.34. The number of H-pyrrole nitrogens is 1. The van der Waals surface area contributed by atoms with Crippen LogP contribution in [0.25, 0.3) is 0 Å². The molecule has 4 nitrogen and oxygen atoms in total. The highest BCUT2D eigenvalue weighted by molar-refractivity contribution is 5.90. The first kappa shape index (κ1) is 13.3. The fourth-order valence-corrected chi connectivity index (χ4v) is 0.882. The molecule has 1 aromatic heterocycles. The van der Waals surface area contributed by atoms with Crippen LogP contribution in [-0.4, -0.2) is 28.9 Å². The van der Waals surface area contributed by atoms with Crippen molar-refractivity contribution < 1.29 is 35.9 Å². The van der Waals surface area contributed by atoms with Crippen molar-refractivity contribution in [3.8, 4) is 0 Å². The van der Waals surface area contributed by atoms with Crippen molar-refractivity contribution in [2.24, 2.45) is 0 Å². The summed E-state index contributed by atoms with van der Waals surface area (Å²) in [6, 6.07) is 0. The molecule has 0 spiro atoms. The molecule has 10 heteroatoms. The number of carbonyl (C=O) groups excluding carboxylic acids is 1. The van der Waals surface area contributed by atoms with E-state index >= 15 is 0 Å². The van der Waals surface area contributed by atoms with E-state index in [4.69, 9.17) is 0 Å². The predicted molar refractivity (Wildman–Crippen MR) is 39.9 cm³/mol. The summed E-state index contributed by atoms with van der Waals surface area (Å²) >= 11 is 0. The van der Waals surface area contributed by atoms with Gasteiger partial charge in [0.15, 0.2) is 12.3 Å². The first-order valence-electron chi connectivity index (χ1n) is 3.95. The fraction of sp³-hybridized carbons (Fsp3) is 0.429. The maximum atomic E-state index is 12.2. The van der Waals surface area contributed by atoms with Crippen molar-refractivity contribution in [2.45, 2.75) is 12.4 Å². The summed E-state index contributed by atoms with van der Waals surface area (Å²) in [5.41, 5.74) is -2.65. The number of hydrogen-bond donors (Lipinski definition) is 1. The molecular formula is C7H4F6N2O2. The Labute approximate surface area is 89.6 Å². The number of aromatic amines is 1. The lowest BCUT2D eigenvalue weighted by atomic mass is 10.2. The largest absolute Gasteiger partial charge is 0.452 e. The van der Waals surface area contributed by atoms with Gasteiger partial charge in [-0.15, -0.1) is 0 Å². The average molecular weight is 262 g/mol. The molecule has 1 rings (SSSR count). The number of aromatic nitrogens is 2. The van der Waals surface area contributed by atoms with Crippen molar-refractivity contribution in [1.82, 2.24) is 10.2 Å². The number of ether oxygens (including phenoxy) is 1. The van der Waals surface area contributed by atoms with E-state index < -0.39 is 36.2 Å². The second-order valence-corrected chi connectivity index (χ2v) is 2.85. The highest BCUT2D eigenvalue weighted by Crippen LogP contribution is 2.30. The van der Waals surface area contributed by atoms with E-state index in [0.717, 1.165) is 0 Å². The second-order valence-electron chi connectivity index (χ2n) is 2.85. The van der Waals surface area contributed by atoms with E-state index in [2.05, 4.69) is 9.84 Å². The van der Waals surface area contributed by atoms with Gasteiger partial charge in [-0.05, 0) is 0 Å². The molecule has 0 saturated carbocycles. The summed E-state index contributed by atoms with van der Waals surface area (Å²) in [4.78, 5) is 10.9. The van der Waals surface area contributed by atoms with Gasteiger partial charge in [-0.25, -0.2) is 4.79 Å². The van der Waals surface area contributed by atoms with Crippen LogP contribution in [0.3, 0.4) is 0 Å². The second kappa shape index (κ2) is 4.26. The number of rotatable bonds is 2. The fourth-order valence-electron chi connectivity index (χ4n) is 0.882. The van der Waals surface area contributed by atoms with E-state index in [1.54, 1.807) is 0 Å². The van der Waals surface area contributed by atoms with Crippen LogP contribution in [0, 0.1) is 0 Å². The molecule has 0 aliphatic heterocycles. The van der Waals surface area contributed by atoms with E-state index in [-0.39, 0.29) is 0 Å². The molecule has 0 unspecified atom stereocenters. The number of hydrogen-bond acceptors (Lipinski definition) is 3. The quantitative estimate of drug-likeness (QED) is 0.656. The van der Waals surface area contributed by atoms with Crippen LogP contribution < -0.4 is 0 Å². The number of nitrogens with zero attached hydrogens (tertiary/aromatic N) is 1. The van der Waals surface area contributed by atoms with Crippen LogP contribution >= 0.6 is 0 Å². The maximum Gasteiger partial charge on any atom is 0.433 e. The summed E-state index contributed by atoms with van der Waals surface area (Å²) in [6.45, 7) is -1.96. The molecule has 0 amide bonds. The predicted octanol–water partition coefficient (Wildman–Crippen LogP) is 2.15. The van der Waals surface area contributed by atoms with Gasteiger partial charge in [0.25, 0.3) is 0 Å². The van der Waals surface area contributed by atoms with Gasteiger partial charge in [-0.2, -0.15) is 31.4 Å². The molecule has 0 radical (unpaired) electrons. The van der Waals surface area contributed by atoms with Crippen LogP contribution in [0.5, 0.6) is 0 Å². The van der Waals surface area contributed by atoms with Gasteiger partial charge < -0.3 is 4.74 Å². The molecule has 0 fully saturated rings. The molecule has 0 bridgehead atoms. The zero-order chi connectivity index (χ0) is 13.3. The van der Waals surface area contributed by atoms with Crippen molar-refractivity contribution in [2.75, 3.05) is 6.61 Å². The molecule has 17 heavy (non-hydrogen) atoms. The Bertz CT molecular complexity index is 407. The molecule has 1 heterocycles. The van der Waals surface area contributed by atoms with Crippen molar-refractivity contribution in [3.63, 3.8) is 0 Å². The number of alkyl halides is 6. The Balaban J connectivity index is 2.81. The van der Waals surface area contributed by atoms with Gasteiger partial charge >= 0.3 is 18.3 Å². The van der Waals surface area contributed by atoms with E-state index in [1.807, 2.05) is 0 Å². The molecule has 0 atom stereocenters. The molecule has 0 aliphatic carbocycles. The Morgan fingerprint density at radius 2 is 1.88 bits per heavy atom.